The molecule has 1 fully saturated rings. The molecule has 5 rings (SSSR count). The van der Waals surface area contributed by atoms with Crippen molar-refractivity contribution in [2.24, 2.45) is 10.1 Å². The Bertz CT molecular complexity index is 1360. The third-order valence-corrected chi connectivity index (χ3v) is 7.26. The van der Waals surface area contributed by atoms with Crippen LogP contribution in [0.3, 0.4) is 0 Å². The Balaban J connectivity index is 1.32. The second kappa shape index (κ2) is 11.2. The van der Waals surface area contributed by atoms with Gasteiger partial charge in [-0.1, -0.05) is 35.9 Å². The molecule has 0 aliphatic carbocycles. The number of amides is 2. The minimum atomic E-state index is -0.520. The fourth-order valence-corrected chi connectivity index (χ4v) is 5.20. The standard InChI is InChI=1S/C28H29N5O4S/c1-3-36-23-15-20(10-11-22(23)37-17-19-8-6-18(2)7-9-19)14-21-26(29)33-28(30-27(21)35)38-24(31-33)16-25(34)32-12-4-5-13-32/h6-11,14-15,29H,3-5,12-13,16-17H2,1-2H3/b21-14-,29-26?. The van der Waals surface area contributed by atoms with E-state index in [4.69, 9.17) is 14.9 Å². The summed E-state index contributed by atoms with van der Waals surface area (Å²) in [5, 5.41) is 15.2. The molecule has 0 radical (unpaired) electrons. The highest BCUT2D eigenvalue weighted by Gasteiger charge is 2.36. The predicted molar refractivity (Wildman–Crippen MR) is 149 cm³/mol. The largest absolute Gasteiger partial charge is 0.490 e. The molecule has 0 atom stereocenters. The zero-order valence-corrected chi connectivity index (χ0v) is 22.2. The van der Waals surface area contributed by atoms with Crippen LogP contribution in [-0.2, 0) is 16.2 Å². The zero-order valence-electron chi connectivity index (χ0n) is 21.4. The van der Waals surface area contributed by atoms with Gasteiger partial charge < -0.3 is 14.4 Å². The summed E-state index contributed by atoms with van der Waals surface area (Å²) in [6.07, 6.45) is 3.78. The van der Waals surface area contributed by atoms with Crippen LogP contribution in [0.1, 0.15) is 42.9 Å². The maximum absolute atomic E-state index is 12.8. The van der Waals surface area contributed by atoms with Crippen LogP contribution in [0.5, 0.6) is 11.5 Å². The fraction of sp³-hybridized carbons (Fsp3) is 0.321. The molecular weight excluding hydrogens is 502 g/mol. The number of hydrogen-bond acceptors (Lipinski definition) is 7. The molecule has 2 aromatic carbocycles. The van der Waals surface area contributed by atoms with E-state index in [1.807, 2.05) is 49.1 Å². The van der Waals surface area contributed by atoms with Crippen molar-refractivity contribution in [1.82, 2.24) is 9.91 Å². The van der Waals surface area contributed by atoms with Gasteiger partial charge in [0.25, 0.3) is 5.91 Å². The molecule has 3 aliphatic heterocycles. The smallest absolute Gasteiger partial charge is 0.283 e. The maximum Gasteiger partial charge on any atom is 0.283 e. The van der Waals surface area contributed by atoms with Gasteiger partial charge in [-0.3, -0.25) is 15.0 Å². The number of aryl methyl sites for hydroxylation is 1. The Kier molecular flexibility index (Phi) is 7.59. The minimum absolute atomic E-state index is 0.0101. The third-order valence-electron chi connectivity index (χ3n) is 6.35. The maximum atomic E-state index is 12.8. The lowest BCUT2D eigenvalue weighted by atomic mass is 10.1. The molecule has 196 valence electrons. The molecule has 2 amide bonds. The molecule has 10 heteroatoms. The van der Waals surface area contributed by atoms with Crippen LogP contribution in [0.15, 0.2) is 58.1 Å². The molecule has 1 saturated heterocycles. The number of fused-ring (bicyclic) bond motifs is 1. The van der Waals surface area contributed by atoms with Gasteiger partial charge in [-0.15, -0.1) is 0 Å². The number of ether oxygens (including phenoxy) is 2. The molecule has 0 bridgehead atoms. The topological polar surface area (TPSA) is 108 Å². The van der Waals surface area contributed by atoms with Crippen molar-refractivity contribution in [2.75, 3.05) is 19.7 Å². The first-order valence-electron chi connectivity index (χ1n) is 12.6. The predicted octanol–water partition coefficient (Wildman–Crippen LogP) is 4.60. The molecule has 38 heavy (non-hydrogen) atoms. The van der Waals surface area contributed by atoms with Gasteiger partial charge >= 0.3 is 0 Å². The number of rotatable bonds is 8. The van der Waals surface area contributed by atoms with Crippen molar-refractivity contribution in [1.29, 1.82) is 5.41 Å². The van der Waals surface area contributed by atoms with Crippen LogP contribution >= 0.6 is 11.8 Å². The SMILES string of the molecule is CCOc1cc(/C=C2/C(=N)N3N=C(CC(=O)N4CCCC4)SC3=NC2=O)ccc1OCc1ccc(C)cc1. The van der Waals surface area contributed by atoms with Crippen molar-refractivity contribution in [2.45, 2.75) is 39.7 Å². The van der Waals surface area contributed by atoms with Gasteiger partial charge in [0.2, 0.25) is 11.1 Å². The van der Waals surface area contributed by atoms with E-state index in [0.29, 0.717) is 40.5 Å². The third kappa shape index (κ3) is 5.65. The summed E-state index contributed by atoms with van der Waals surface area (Å²) in [6.45, 7) is 6.31. The first-order chi connectivity index (χ1) is 18.4. The number of carbonyl (C=O) groups excluding carboxylic acids is 2. The van der Waals surface area contributed by atoms with Gasteiger partial charge in [-0.05, 0) is 67.8 Å². The number of nitrogens with one attached hydrogen (secondary N) is 1. The molecule has 0 spiro atoms. The number of carbonyl (C=O) groups is 2. The lowest BCUT2D eigenvalue weighted by molar-refractivity contribution is -0.128. The second-order valence-corrected chi connectivity index (χ2v) is 10.2. The highest BCUT2D eigenvalue weighted by Crippen LogP contribution is 2.33. The number of benzene rings is 2. The minimum Gasteiger partial charge on any atom is -0.490 e. The number of nitrogens with zero attached hydrogens (tertiary/aromatic N) is 4. The number of hydrogen-bond donors (Lipinski definition) is 1. The van der Waals surface area contributed by atoms with E-state index in [-0.39, 0.29) is 23.7 Å². The first kappa shape index (κ1) is 25.7. The fourth-order valence-electron chi connectivity index (χ4n) is 4.32. The van der Waals surface area contributed by atoms with E-state index in [9.17, 15) is 9.59 Å². The van der Waals surface area contributed by atoms with Crippen molar-refractivity contribution in [3.8, 4) is 11.5 Å². The molecule has 3 aliphatic rings. The number of hydrazone groups is 1. The number of aliphatic imine (C=N–C) groups is 1. The number of amidine groups is 2. The highest BCUT2D eigenvalue weighted by atomic mass is 32.2. The van der Waals surface area contributed by atoms with E-state index in [0.717, 1.165) is 31.5 Å². The Hall–Kier alpha value is -3.92. The molecule has 1 N–H and O–H groups in total. The molecule has 3 heterocycles. The zero-order chi connectivity index (χ0) is 26.6. The Morgan fingerprint density at radius 3 is 2.61 bits per heavy atom. The van der Waals surface area contributed by atoms with Crippen LogP contribution < -0.4 is 9.47 Å². The van der Waals surface area contributed by atoms with Crippen LogP contribution in [0.4, 0.5) is 0 Å². The van der Waals surface area contributed by atoms with Gasteiger partial charge in [0.05, 0.1) is 18.6 Å². The molecule has 0 aromatic heterocycles. The average molecular weight is 532 g/mol. The van der Waals surface area contributed by atoms with Gasteiger partial charge in [-0.2, -0.15) is 15.1 Å². The molecule has 0 saturated carbocycles. The van der Waals surface area contributed by atoms with Gasteiger partial charge in [0, 0.05) is 13.1 Å². The summed E-state index contributed by atoms with van der Waals surface area (Å²) in [5.74, 6) is 0.552. The van der Waals surface area contributed by atoms with E-state index >= 15 is 0 Å². The van der Waals surface area contributed by atoms with Crippen molar-refractivity contribution >= 4 is 45.7 Å². The van der Waals surface area contributed by atoms with Crippen LogP contribution in [-0.4, -0.2) is 57.5 Å². The van der Waals surface area contributed by atoms with Gasteiger partial charge in [-0.25, -0.2) is 0 Å². The summed E-state index contributed by atoms with van der Waals surface area (Å²) in [5.41, 5.74) is 3.01. The van der Waals surface area contributed by atoms with Crippen LogP contribution in [0, 0.1) is 12.3 Å². The first-order valence-corrected chi connectivity index (χ1v) is 13.4. The van der Waals surface area contributed by atoms with E-state index in [1.165, 1.54) is 22.3 Å². The second-order valence-electron chi connectivity index (χ2n) is 9.19. The van der Waals surface area contributed by atoms with Gasteiger partial charge in [0.15, 0.2) is 17.3 Å². The summed E-state index contributed by atoms with van der Waals surface area (Å²) >= 11 is 1.17. The Morgan fingerprint density at radius 2 is 1.87 bits per heavy atom. The summed E-state index contributed by atoms with van der Waals surface area (Å²) in [6, 6.07) is 13.5. The lowest BCUT2D eigenvalue weighted by Crippen LogP contribution is -2.35. The number of likely N-dealkylation sites (tertiary alicyclic amines) is 1. The average Bonchev–Trinajstić information content (AvgIpc) is 3.58. The van der Waals surface area contributed by atoms with Crippen molar-refractivity contribution in [3.63, 3.8) is 0 Å². The van der Waals surface area contributed by atoms with E-state index in [2.05, 4.69) is 10.1 Å². The van der Waals surface area contributed by atoms with Crippen LogP contribution in [0.25, 0.3) is 6.08 Å². The Labute approximate surface area is 225 Å². The van der Waals surface area contributed by atoms with Crippen LogP contribution in [0.2, 0.25) is 0 Å². The molecule has 2 aromatic rings. The lowest BCUT2D eigenvalue weighted by Gasteiger charge is -2.20. The monoisotopic (exact) mass is 531 g/mol. The number of thioether (sulfide) groups is 1. The highest BCUT2D eigenvalue weighted by molar-refractivity contribution is 8.27. The van der Waals surface area contributed by atoms with E-state index < -0.39 is 5.91 Å². The molecule has 0 unspecified atom stereocenters. The molecule has 9 nitrogen and oxygen atoms in total. The summed E-state index contributed by atoms with van der Waals surface area (Å²) < 4.78 is 11.8. The quantitative estimate of drug-likeness (QED) is 0.499. The van der Waals surface area contributed by atoms with Crippen molar-refractivity contribution < 1.29 is 19.1 Å². The van der Waals surface area contributed by atoms with E-state index in [1.54, 1.807) is 18.2 Å². The summed E-state index contributed by atoms with van der Waals surface area (Å²) in [7, 11) is 0. The molecular formula is C28H29N5O4S. The normalized spacial score (nSPS) is 18.0. The summed E-state index contributed by atoms with van der Waals surface area (Å²) in [4.78, 5) is 31.3. The van der Waals surface area contributed by atoms with Gasteiger partial charge in [0.1, 0.15) is 11.7 Å². The van der Waals surface area contributed by atoms with Crippen molar-refractivity contribution in [3.05, 3.63) is 64.7 Å². The Morgan fingerprint density at radius 1 is 1.11 bits per heavy atom.